The average molecular weight is 289 g/mol. The van der Waals surface area contributed by atoms with Crippen LogP contribution in [0, 0.1) is 5.92 Å². The molecule has 1 atom stereocenters. The Morgan fingerprint density at radius 1 is 1.47 bits per heavy atom. The third-order valence-corrected chi connectivity index (χ3v) is 2.68. The van der Waals surface area contributed by atoms with Crippen LogP contribution in [0.1, 0.15) is 26.7 Å². The first-order chi connectivity index (χ1) is 8.93. The summed E-state index contributed by atoms with van der Waals surface area (Å²) in [5.74, 6) is 0.0433. The molecule has 110 valence electrons. The summed E-state index contributed by atoms with van der Waals surface area (Å²) in [5.41, 5.74) is 0. The number of thiol groups is 1. The number of amides is 1. The van der Waals surface area contributed by atoms with Crippen LogP contribution >= 0.6 is 12.6 Å². The lowest BCUT2D eigenvalue weighted by Crippen LogP contribution is -2.47. The molecule has 0 aromatic carbocycles. The second-order valence-electron chi connectivity index (χ2n) is 4.60. The minimum atomic E-state index is -1.11. The third-order valence-electron chi connectivity index (χ3n) is 2.42. The van der Waals surface area contributed by atoms with Crippen LogP contribution in [0.3, 0.4) is 0 Å². The Balaban J connectivity index is 4.75. The van der Waals surface area contributed by atoms with Crippen molar-refractivity contribution in [1.29, 1.82) is 0 Å². The fourth-order valence-corrected chi connectivity index (χ4v) is 1.84. The molecule has 0 rings (SSSR count). The lowest BCUT2D eigenvalue weighted by molar-refractivity contribution is -0.149. The first-order valence-electron chi connectivity index (χ1n) is 6.32. The van der Waals surface area contributed by atoms with Crippen molar-refractivity contribution in [2.45, 2.75) is 32.7 Å². The molecule has 0 aliphatic carbocycles. The topological polar surface area (TPSA) is 66.8 Å². The van der Waals surface area contributed by atoms with Gasteiger partial charge in [-0.3, -0.25) is 4.90 Å². The zero-order valence-electron chi connectivity index (χ0n) is 11.5. The van der Waals surface area contributed by atoms with Gasteiger partial charge in [-0.25, -0.2) is 9.59 Å². The SMILES string of the molecule is C=CCCOC(=O)C(CCS)N(CC(C)C)C(=O)O. The summed E-state index contributed by atoms with van der Waals surface area (Å²) in [5, 5.41) is 9.22. The van der Waals surface area contributed by atoms with E-state index in [0.29, 0.717) is 25.1 Å². The number of ether oxygens (including phenoxy) is 1. The highest BCUT2D eigenvalue weighted by Crippen LogP contribution is 2.12. The van der Waals surface area contributed by atoms with E-state index < -0.39 is 18.1 Å². The first-order valence-corrected chi connectivity index (χ1v) is 6.95. The molecule has 1 unspecified atom stereocenters. The van der Waals surface area contributed by atoms with E-state index in [9.17, 15) is 14.7 Å². The van der Waals surface area contributed by atoms with Crippen LogP contribution in [-0.2, 0) is 9.53 Å². The highest BCUT2D eigenvalue weighted by molar-refractivity contribution is 7.80. The number of carbonyl (C=O) groups excluding carboxylic acids is 1. The molecule has 0 aromatic heterocycles. The Bertz CT molecular complexity index is 307. The Morgan fingerprint density at radius 3 is 2.53 bits per heavy atom. The molecule has 6 heteroatoms. The Hall–Kier alpha value is -1.17. The van der Waals surface area contributed by atoms with Crippen molar-refractivity contribution in [1.82, 2.24) is 4.90 Å². The second-order valence-corrected chi connectivity index (χ2v) is 5.05. The second kappa shape index (κ2) is 9.72. The molecule has 0 bridgehead atoms. The molecule has 0 spiro atoms. The van der Waals surface area contributed by atoms with Crippen molar-refractivity contribution < 1.29 is 19.4 Å². The summed E-state index contributed by atoms with van der Waals surface area (Å²) >= 11 is 4.07. The van der Waals surface area contributed by atoms with Gasteiger partial charge < -0.3 is 9.84 Å². The summed E-state index contributed by atoms with van der Waals surface area (Å²) < 4.78 is 5.06. The van der Waals surface area contributed by atoms with Gasteiger partial charge in [0.2, 0.25) is 0 Å². The van der Waals surface area contributed by atoms with Crippen LogP contribution in [0.25, 0.3) is 0 Å². The van der Waals surface area contributed by atoms with Crippen LogP contribution in [0.15, 0.2) is 12.7 Å². The summed E-state index contributed by atoms with van der Waals surface area (Å²) in [6, 6.07) is -0.790. The van der Waals surface area contributed by atoms with E-state index in [1.807, 2.05) is 13.8 Å². The van der Waals surface area contributed by atoms with Gasteiger partial charge in [-0.1, -0.05) is 19.9 Å². The number of rotatable bonds is 9. The molecule has 19 heavy (non-hydrogen) atoms. The van der Waals surface area contributed by atoms with Crippen molar-refractivity contribution in [3.05, 3.63) is 12.7 Å². The highest BCUT2D eigenvalue weighted by Gasteiger charge is 2.30. The molecule has 0 fully saturated rings. The summed E-state index contributed by atoms with van der Waals surface area (Å²) in [4.78, 5) is 24.3. The third kappa shape index (κ3) is 7.10. The molecule has 0 heterocycles. The van der Waals surface area contributed by atoms with E-state index in [1.54, 1.807) is 6.08 Å². The first kappa shape index (κ1) is 17.8. The molecule has 0 radical (unpaired) electrons. The van der Waals surface area contributed by atoms with Gasteiger partial charge >= 0.3 is 12.1 Å². The van der Waals surface area contributed by atoms with Crippen LogP contribution < -0.4 is 0 Å². The largest absolute Gasteiger partial charge is 0.465 e. The zero-order chi connectivity index (χ0) is 14.8. The highest BCUT2D eigenvalue weighted by atomic mass is 32.1. The van der Waals surface area contributed by atoms with Gasteiger partial charge in [-0.05, 0) is 24.5 Å². The van der Waals surface area contributed by atoms with E-state index >= 15 is 0 Å². The van der Waals surface area contributed by atoms with E-state index in [0.717, 1.165) is 4.90 Å². The Morgan fingerprint density at radius 2 is 2.11 bits per heavy atom. The molecule has 5 nitrogen and oxygen atoms in total. The number of carboxylic acid groups (broad SMARTS) is 1. The maximum Gasteiger partial charge on any atom is 0.408 e. The van der Waals surface area contributed by atoms with Crippen LogP contribution in [0.2, 0.25) is 0 Å². The van der Waals surface area contributed by atoms with Gasteiger partial charge in [0, 0.05) is 6.54 Å². The lowest BCUT2D eigenvalue weighted by atomic mass is 10.1. The van der Waals surface area contributed by atoms with E-state index in [4.69, 9.17) is 4.74 Å². The molecule has 1 N–H and O–H groups in total. The maximum absolute atomic E-state index is 11.9. The monoisotopic (exact) mass is 289 g/mol. The summed E-state index contributed by atoms with van der Waals surface area (Å²) in [6.07, 6.45) is 1.43. The number of nitrogens with zero attached hydrogens (tertiary/aromatic N) is 1. The Labute approximate surface area is 120 Å². The minimum Gasteiger partial charge on any atom is -0.465 e. The molecular weight excluding hydrogens is 266 g/mol. The van der Waals surface area contributed by atoms with Crippen molar-refractivity contribution in [3.63, 3.8) is 0 Å². The van der Waals surface area contributed by atoms with Crippen LogP contribution in [0.5, 0.6) is 0 Å². The van der Waals surface area contributed by atoms with Crippen LogP contribution in [-0.4, -0.2) is 47.0 Å². The smallest absolute Gasteiger partial charge is 0.408 e. The molecule has 0 saturated carbocycles. The quantitative estimate of drug-likeness (QED) is 0.296. The van der Waals surface area contributed by atoms with Gasteiger partial charge in [0.1, 0.15) is 6.04 Å². The maximum atomic E-state index is 11.9. The molecule has 0 aliphatic heterocycles. The number of hydrogen-bond acceptors (Lipinski definition) is 4. The van der Waals surface area contributed by atoms with Gasteiger partial charge in [0.25, 0.3) is 0 Å². The number of esters is 1. The van der Waals surface area contributed by atoms with Gasteiger partial charge in [-0.2, -0.15) is 12.6 Å². The number of hydrogen-bond donors (Lipinski definition) is 2. The van der Waals surface area contributed by atoms with E-state index in [-0.39, 0.29) is 12.5 Å². The lowest BCUT2D eigenvalue weighted by Gasteiger charge is -2.28. The number of carbonyl (C=O) groups is 2. The molecule has 0 aromatic rings. The predicted molar refractivity (Wildman–Crippen MR) is 77.6 cm³/mol. The summed E-state index contributed by atoms with van der Waals surface area (Å²) in [6.45, 7) is 7.85. The standard InChI is InChI=1S/C13H23NO4S/c1-4-5-7-18-12(15)11(6-8-19)14(13(16)17)9-10(2)3/h4,10-11,19H,1,5-9H2,2-3H3,(H,16,17). The normalized spacial score (nSPS) is 12.0. The van der Waals surface area contributed by atoms with Gasteiger partial charge in [0.05, 0.1) is 6.61 Å². The fraction of sp³-hybridized carbons (Fsp3) is 0.692. The van der Waals surface area contributed by atoms with Crippen molar-refractivity contribution in [2.75, 3.05) is 18.9 Å². The van der Waals surface area contributed by atoms with Gasteiger partial charge in [0.15, 0.2) is 0 Å². The molecule has 0 aliphatic rings. The fourth-order valence-electron chi connectivity index (χ4n) is 1.59. The van der Waals surface area contributed by atoms with Crippen molar-refractivity contribution in [2.24, 2.45) is 5.92 Å². The Kier molecular flexibility index (Phi) is 9.12. The van der Waals surface area contributed by atoms with E-state index in [1.165, 1.54) is 0 Å². The zero-order valence-corrected chi connectivity index (χ0v) is 12.4. The van der Waals surface area contributed by atoms with Crippen LogP contribution in [0.4, 0.5) is 4.79 Å². The average Bonchev–Trinajstić information content (AvgIpc) is 2.33. The predicted octanol–water partition coefficient (Wildman–Crippen LogP) is 2.43. The molecule has 0 saturated heterocycles. The van der Waals surface area contributed by atoms with Gasteiger partial charge in [-0.15, -0.1) is 6.58 Å². The molecular formula is C13H23NO4S. The van der Waals surface area contributed by atoms with Crippen molar-refractivity contribution >= 4 is 24.7 Å². The summed E-state index contributed by atoms with van der Waals surface area (Å²) in [7, 11) is 0. The van der Waals surface area contributed by atoms with Crippen molar-refractivity contribution in [3.8, 4) is 0 Å². The minimum absolute atomic E-state index is 0.138. The van der Waals surface area contributed by atoms with E-state index in [2.05, 4.69) is 19.2 Å². The molecule has 1 amide bonds.